The van der Waals surface area contributed by atoms with Crippen LogP contribution in [0.5, 0.6) is 0 Å². The number of aliphatic carboxylic acids is 1. The van der Waals surface area contributed by atoms with Gasteiger partial charge in [0.1, 0.15) is 5.92 Å². The molecular weight excluding hydrogens is 186 g/mol. The first-order valence-corrected chi connectivity index (χ1v) is 3.58. The van der Waals surface area contributed by atoms with Gasteiger partial charge in [-0.3, -0.25) is 9.59 Å². The fourth-order valence-corrected chi connectivity index (χ4v) is 1.24. The molecule has 1 fully saturated rings. The van der Waals surface area contributed by atoms with Gasteiger partial charge in [-0.2, -0.15) is 0 Å². The average Bonchev–Trinajstić information content (AvgIpc) is 2.53. The summed E-state index contributed by atoms with van der Waals surface area (Å²) in [5, 5.41) is 8.31. The van der Waals surface area contributed by atoms with Crippen molar-refractivity contribution in [3.8, 4) is 0 Å². The minimum atomic E-state index is -3.26. The average molecular weight is 194 g/mol. The van der Waals surface area contributed by atoms with E-state index in [-0.39, 0.29) is 0 Å². The fraction of sp³-hybridized carbons (Fsp3) is 0.714. The Balaban J connectivity index is 2.56. The van der Waals surface area contributed by atoms with Crippen molar-refractivity contribution in [3.63, 3.8) is 0 Å². The summed E-state index contributed by atoms with van der Waals surface area (Å²) in [6, 6.07) is 0. The number of alkyl halides is 2. The highest BCUT2D eigenvalue weighted by Gasteiger charge is 2.72. The van der Waals surface area contributed by atoms with Crippen LogP contribution >= 0.6 is 0 Å². The Morgan fingerprint density at radius 3 is 2.38 bits per heavy atom. The van der Waals surface area contributed by atoms with Crippen LogP contribution in [0.1, 0.15) is 6.42 Å². The summed E-state index contributed by atoms with van der Waals surface area (Å²) in [6.45, 7) is 0. The Bertz CT molecular complexity index is 251. The van der Waals surface area contributed by atoms with Crippen LogP contribution < -0.4 is 0 Å². The number of carboxylic acid groups (broad SMARTS) is 1. The Labute approximate surface area is 72.5 Å². The molecule has 0 bridgehead atoms. The normalized spacial score (nSPS) is 29.5. The highest BCUT2D eigenvalue weighted by molar-refractivity contribution is 5.79. The molecule has 1 rings (SSSR count). The van der Waals surface area contributed by atoms with E-state index in [0.29, 0.717) is 0 Å². The zero-order valence-electron chi connectivity index (χ0n) is 6.79. The molecule has 1 saturated carbocycles. The SMILES string of the molecule is COC(=O)CC1C(C(=O)O)C1(F)F. The molecule has 0 radical (unpaired) electrons. The monoisotopic (exact) mass is 194 g/mol. The van der Waals surface area contributed by atoms with E-state index in [2.05, 4.69) is 4.74 Å². The van der Waals surface area contributed by atoms with Gasteiger partial charge in [-0.25, -0.2) is 8.78 Å². The maximum atomic E-state index is 12.6. The highest BCUT2D eigenvalue weighted by atomic mass is 19.3. The molecule has 2 atom stereocenters. The third-order valence-electron chi connectivity index (χ3n) is 2.08. The summed E-state index contributed by atoms with van der Waals surface area (Å²) >= 11 is 0. The second kappa shape index (κ2) is 2.93. The van der Waals surface area contributed by atoms with E-state index < -0.39 is 36.1 Å². The van der Waals surface area contributed by atoms with Gasteiger partial charge in [-0.05, 0) is 0 Å². The first-order chi connectivity index (χ1) is 5.91. The number of hydrogen-bond donors (Lipinski definition) is 1. The van der Waals surface area contributed by atoms with Gasteiger partial charge in [0.25, 0.3) is 5.92 Å². The number of methoxy groups -OCH3 is 1. The fourth-order valence-electron chi connectivity index (χ4n) is 1.24. The van der Waals surface area contributed by atoms with E-state index in [0.717, 1.165) is 7.11 Å². The third kappa shape index (κ3) is 1.61. The number of carbonyl (C=O) groups excluding carboxylic acids is 1. The number of carbonyl (C=O) groups is 2. The first-order valence-electron chi connectivity index (χ1n) is 3.58. The van der Waals surface area contributed by atoms with Crippen LogP contribution in [0.15, 0.2) is 0 Å². The van der Waals surface area contributed by atoms with Gasteiger partial charge in [0.05, 0.1) is 19.4 Å². The number of esters is 1. The molecule has 0 amide bonds. The van der Waals surface area contributed by atoms with Crippen LogP contribution in [0, 0.1) is 11.8 Å². The van der Waals surface area contributed by atoms with Crippen molar-refractivity contribution < 1.29 is 28.2 Å². The molecule has 74 valence electrons. The number of carboxylic acids is 1. The molecule has 0 aromatic carbocycles. The second-order valence-electron chi connectivity index (χ2n) is 2.88. The molecule has 1 aliphatic carbocycles. The van der Waals surface area contributed by atoms with Crippen LogP contribution in [-0.2, 0) is 14.3 Å². The quantitative estimate of drug-likeness (QED) is 0.665. The van der Waals surface area contributed by atoms with Crippen molar-refractivity contribution in [1.82, 2.24) is 0 Å². The molecule has 0 saturated heterocycles. The van der Waals surface area contributed by atoms with E-state index in [4.69, 9.17) is 5.11 Å². The smallest absolute Gasteiger partial charge is 0.313 e. The van der Waals surface area contributed by atoms with Gasteiger partial charge in [0, 0.05) is 0 Å². The molecule has 0 aliphatic heterocycles. The van der Waals surface area contributed by atoms with Crippen molar-refractivity contribution in [2.24, 2.45) is 11.8 Å². The molecule has 6 heteroatoms. The summed E-state index contributed by atoms with van der Waals surface area (Å²) < 4.78 is 29.4. The van der Waals surface area contributed by atoms with Gasteiger partial charge in [0.2, 0.25) is 0 Å². The topological polar surface area (TPSA) is 63.6 Å². The molecule has 0 spiro atoms. The summed E-state index contributed by atoms with van der Waals surface area (Å²) in [5.74, 6) is -8.78. The molecule has 13 heavy (non-hydrogen) atoms. The largest absolute Gasteiger partial charge is 0.481 e. The predicted molar refractivity (Wildman–Crippen MR) is 36.2 cm³/mol. The summed E-state index contributed by atoms with van der Waals surface area (Å²) in [7, 11) is 1.07. The molecule has 0 heterocycles. The Morgan fingerprint density at radius 1 is 1.54 bits per heavy atom. The van der Waals surface area contributed by atoms with Crippen LogP contribution in [0.25, 0.3) is 0 Å². The molecule has 1 N–H and O–H groups in total. The minimum absolute atomic E-state index is 0.541. The molecule has 1 aliphatic rings. The standard InChI is InChI=1S/C7H8F2O4/c1-13-4(10)2-3-5(6(11)12)7(3,8)9/h3,5H,2H2,1H3,(H,11,12). The number of rotatable bonds is 3. The lowest BCUT2D eigenvalue weighted by atomic mass is 10.2. The number of halogens is 2. The molecule has 4 nitrogen and oxygen atoms in total. The van der Waals surface area contributed by atoms with Gasteiger partial charge in [0.15, 0.2) is 0 Å². The second-order valence-corrected chi connectivity index (χ2v) is 2.88. The molecular formula is C7H8F2O4. The minimum Gasteiger partial charge on any atom is -0.481 e. The Morgan fingerprint density at radius 2 is 2.08 bits per heavy atom. The van der Waals surface area contributed by atoms with E-state index in [1.165, 1.54) is 0 Å². The first kappa shape index (κ1) is 9.88. The highest BCUT2D eigenvalue weighted by Crippen LogP contribution is 2.57. The zero-order chi connectivity index (χ0) is 10.2. The lowest BCUT2D eigenvalue weighted by Crippen LogP contribution is -2.05. The Hall–Kier alpha value is -1.20. The third-order valence-corrected chi connectivity index (χ3v) is 2.08. The van der Waals surface area contributed by atoms with Crippen molar-refractivity contribution >= 4 is 11.9 Å². The van der Waals surface area contributed by atoms with Crippen molar-refractivity contribution in [2.45, 2.75) is 12.3 Å². The van der Waals surface area contributed by atoms with Crippen molar-refractivity contribution in [3.05, 3.63) is 0 Å². The van der Waals surface area contributed by atoms with E-state index in [9.17, 15) is 18.4 Å². The summed E-state index contributed by atoms with van der Waals surface area (Å²) in [5.41, 5.74) is 0. The van der Waals surface area contributed by atoms with Crippen molar-refractivity contribution in [2.75, 3.05) is 7.11 Å². The van der Waals surface area contributed by atoms with E-state index in [1.54, 1.807) is 0 Å². The van der Waals surface area contributed by atoms with Crippen LogP contribution in [0.4, 0.5) is 8.78 Å². The maximum absolute atomic E-state index is 12.6. The number of ether oxygens (including phenoxy) is 1. The van der Waals surface area contributed by atoms with Gasteiger partial charge in [-0.1, -0.05) is 0 Å². The summed E-state index contributed by atoms with van der Waals surface area (Å²) in [4.78, 5) is 20.8. The molecule has 0 aromatic rings. The van der Waals surface area contributed by atoms with Gasteiger partial charge in [-0.15, -0.1) is 0 Å². The van der Waals surface area contributed by atoms with E-state index >= 15 is 0 Å². The van der Waals surface area contributed by atoms with Crippen molar-refractivity contribution in [1.29, 1.82) is 0 Å². The zero-order valence-corrected chi connectivity index (χ0v) is 6.79. The van der Waals surface area contributed by atoms with Crippen LogP contribution in [0.3, 0.4) is 0 Å². The lowest BCUT2D eigenvalue weighted by molar-refractivity contribution is -0.141. The van der Waals surface area contributed by atoms with Crippen LogP contribution in [-0.4, -0.2) is 30.1 Å². The predicted octanol–water partition coefficient (Wildman–Crippen LogP) is 0.515. The molecule has 2 unspecified atom stereocenters. The van der Waals surface area contributed by atoms with E-state index in [1.807, 2.05) is 0 Å². The lowest BCUT2D eigenvalue weighted by Gasteiger charge is -1.95. The molecule has 0 aromatic heterocycles. The van der Waals surface area contributed by atoms with Gasteiger partial charge >= 0.3 is 11.9 Å². The number of hydrogen-bond acceptors (Lipinski definition) is 3. The Kier molecular flexibility index (Phi) is 2.23. The maximum Gasteiger partial charge on any atom is 0.313 e. The van der Waals surface area contributed by atoms with Gasteiger partial charge < -0.3 is 9.84 Å². The van der Waals surface area contributed by atoms with Crippen LogP contribution in [0.2, 0.25) is 0 Å². The summed E-state index contributed by atoms with van der Waals surface area (Å²) in [6.07, 6.45) is -0.541.